The maximum Gasteiger partial charge on any atom is 0.407 e. The Kier molecular flexibility index (Phi) is 11.8. The van der Waals surface area contributed by atoms with Gasteiger partial charge in [-0.3, -0.25) is 9.59 Å². The Labute approximate surface area is 333 Å². The summed E-state index contributed by atoms with van der Waals surface area (Å²) in [7, 11) is 1.23. The molecule has 4 amide bonds. The highest BCUT2D eigenvalue weighted by Crippen LogP contribution is 2.37. The number of H-pyrrole nitrogens is 2. The summed E-state index contributed by atoms with van der Waals surface area (Å²) in [4.78, 5) is 68.8. The van der Waals surface area contributed by atoms with Gasteiger partial charge in [-0.25, -0.2) is 28.3 Å². The lowest BCUT2D eigenvalue weighted by Crippen LogP contribution is -2.42. The largest absolute Gasteiger partial charge is 0.465 e. The van der Waals surface area contributed by atoms with E-state index in [0.29, 0.717) is 72.1 Å². The lowest BCUT2D eigenvalue weighted by molar-refractivity contribution is -0.135. The molecular formula is C42H44F2N8O6. The lowest BCUT2D eigenvalue weighted by Gasteiger charge is -2.28. The molecule has 5 N–H and O–H groups in total. The fourth-order valence-electron chi connectivity index (χ4n) is 7.80. The Morgan fingerprint density at radius 1 is 0.845 bits per heavy atom. The molecule has 0 aliphatic carbocycles. The minimum absolute atomic E-state index is 0.0992. The maximum absolute atomic E-state index is 15.8. The van der Waals surface area contributed by atoms with Gasteiger partial charge in [-0.1, -0.05) is 49.4 Å². The van der Waals surface area contributed by atoms with Crippen molar-refractivity contribution in [1.82, 2.24) is 40.4 Å². The van der Waals surface area contributed by atoms with Crippen LogP contribution >= 0.6 is 0 Å². The Morgan fingerprint density at radius 3 is 1.93 bits per heavy atom. The first-order valence-corrected chi connectivity index (χ1v) is 19.2. The van der Waals surface area contributed by atoms with Crippen LogP contribution in [-0.2, 0) is 14.3 Å². The number of aromatic nitrogens is 4. The molecular weight excluding hydrogens is 751 g/mol. The smallest absolute Gasteiger partial charge is 0.407 e. The number of methoxy groups -OCH3 is 1. The molecule has 3 aromatic carbocycles. The molecule has 0 radical (unpaired) electrons. The van der Waals surface area contributed by atoms with Crippen molar-refractivity contribution < 1.29 is 37.8 Å². The maximum atomic E-state index is 15.8. The van der Waals surface area contributed by atoms with E-state index in [1.807, 2.05) is 13.0 Å². The normalized spacial score (nSPS) is 17.5. The molecule has 14 nitrogen and oxygen atoms in total. The van der Waals surface area contributed by atoms with Crippen LogP contribution in [0.1, 0.15) is 74.4 Å². The van der Waals surface area contributed by atoms with E-state index in [2.05, 4.69) is 30.6 Å². The van der Waals surface area contributed by atoms with Gasteiger partial charge in [-0.05, 0) is 72.6 Å². The van der Waals surface area contributed by atoms with Gasteiger partial charge in [0.25, 0.3) is 5.91 Å². The molecule has 5 aromatic rings. The molecule has 2 aromatic heterocycles. The first-order chi connectivity index (χ1) is 28.0. The van der Waals surface area contributed by atoms with Crippen LogP contribution in [0, 0.1) is 17.6 Å². The van der Waals surface area contributed by atoms with E-state index in [4.69, 9.17) is 9.84 Å². The molecule has 302 valence electrons. The van der Waals surface area contributed by atoms with E-state index >= 15 is 8.78 Å². The molecule has 1 unspecified atom stereocenters. The molecule has 4 heterocycles. The van der Waals surface area contributed by atoms with Gasteiger partial charge in [-0.15, -0.1) is 0 Å². The zero-order valence-corrected chi connectivity index (χ0v) is 32.0. The van der Waals surface area contributed by atoms with Gasteiger partial charge in [0.15, 0.2) is 0 Å². The van der Waals surface area contributed by atoms with Gasteiger partial charge in [-0.2, -0.15) is 0 Å². The minimum Gasteiger partial charge on any atom is -0.465 e. The number of carbonyl (C=O) groups is 4. The number of ether oxygens (including phenoxy) is 1. The van der Waals surface area contributed by atoms with Crippen molar-refractivity contribution in [3.8, 4) is 33.6 Å². The molecule has 0 saturated carbocycles. The summed E-state index contributed by atoms with van der Waals surface area (Å²) in [5.74, 6) is -0.662. The van der Waals surface area contributed by atoms with Crippen LogP contribution in [0.5, 0.6) is 0 Å². The van der Waals surface area contributed by atoms with Crippen LogP contribution in [0.4, 0.5) is 18.4 Å². The quantitative estimate of drug-likeness (QED) is 0.0883. The van der Waals surface area contributed by atoms with Crippen molar-refractivity contribution in [2.45, 2.75) is 57.2 Å². The molecule has 16 heteroatoms. The van der Waals surface area contributed by atoms with E-state index in [-0.39, 0.29) is 47.9 Å². The number of hydrogen-bond donors (Lipinski definition) is 5. The van der Waals surface area contributed by atoms with E-state index < -0.39 is 35.9 Å². The third kappa shape index (κ3) is 8.55. The second-order valence-corrected chi connectivity index (χ2v) is 14.7. The van der Waals surface area contributed by atoms with Crippen molar-refractivity contribution in [3.05, 3.63) is 108 Å². The predicted octanol–water partition coefficient (Wildman–Crippen LogP) is 7.13. The van der Waals surface area contributed by atoms with Crippen LogP contribution in [0.3, 0.4) is 0 Å². The van der Waals surface area contributed by atoms with E-state index in [1.54, 1.807) is 58.3 Å². The van der Waals surface area contributed by atoms with Gasteiger partial charge in [0, 0.05) is 37.2 Å². The standard InChI is InChI=1S/C42H44F2N8O6/c1-24(21-47-41(55)56)18-36(53)51-16-6-10-34(51)38-45-22-32(48-38)28-14-12-26(19-30(28)43)27-13-15-29(31(44)20-27)33-23-46-39(49-33)35-11-7-17-52(35)40(54)37(50-42(57)58-2)25-8-4-3-5-9-25/h3-5,8-9,12-15,19-20,22-24,34-35,37,47H,6-7,10-11,16-18,21H2,1-2H3,(H,45,48)(H,46,49)(H,50,57)(H,55,56)/t24?,34-,35-,37+/m0/s1. The number of amides is 4. The van der Waals surface area contributed by atoms with Crippen molar-refractivity contribution >= 4 is 24.0 Å². The van der Waals surface area contributed by atoms with Crippen LogP contribution in [0.2, 0.25) is 0 Å². The van der Waals surface area contributed by atoms with Crippen molar-refractivity contribution in [1.29, 1.82) is 0 Å². The van der Waals surface area contributed by atoms with Crippen LogP contribution in [-0.4, -0.2) is 85.6 Å². The molecule has 4 atom stereocenters. The van der Waals surface area contributed by atoms with Crippen molar-refractivity contribution in [3.63, 3.8) is 0 Å². The molecule has 2 fully saturated rings. The van der Waals surface area contributed by atoms with Gasteiger partial charge in [0.2, 0.25) is 5.91 Å². The number of rotatable bonds is 12. The number of carbonyl (C=O) groups excluding carboxylic acids is 3. The highest BCUT2D eigenvalue weighted by atomic mass is 19.1. The fourth-order valence-corrected chi connectivity index (χ4v) is 7.80. The topological polar surface area (TPSA) is 186 Å². The molecule has 7 rings (SSSR count). The van der Waals surface area contributed by atoms with Crippen LogP contribution in [0.25, 0.3) is 33.6 Å². The number of likely N-dealkylation sites (tertiary alicyclic amines) is 2. The molecule has 58 heavy (non-hydrogen) atoms. The zero-order chi connectivity index (χ0) is 40.9. The second-order valence-electron chi connectivity index (χ2n) is 14.7. The molecule has 0 spiro atoms. The zero-order valence-electron chi connectivity index (χ0n) is 32.0. The summed E-state index contributed by atoms with van der Waals surface area (Å²) in [5.41, 5.74) is 2.90. The number of carboxylic acid groups (broad SMARTS) is 1. The molecule has 2 saturated heterocycles. The number of hydrogen-bond acceptors (Lipinski definition) is 7. The number of imidazole rings is 2. The van der Waals surface area contributed by atoms with Gasteiger partial charge in [0.1, 0.15) is 29.3 Å². The van der Waals surface area contributed by atoms with Gasteiger partial charge < -0.3 is 40.2 Å². The number of aromatic amines is 2. The SMILES string of the molecule is COC(=O)N[C@@H](C(=O)N1CCC[C@H]1c1ncc(-c2ccc(-c3ccc(-c4cnc([C@@H]5CCCN5C(=O)CC(C)CNC(=O)O)[nH]4)c(F)c3)cc2F)[nH]1)c1ccccc1. The first-order valence-electron chi connectivity index (χ1n) is 19.2. The monoisotopic (exact) mass is 794 g/mol. The summed E-state index contributed by atoms with van der Waals surface area (Å²) in [6.07, 6.45) is 4.16. The number of alkyl carbamates (subject to hydrolysis) is 1. The first kappa shape index (κ1) is 39.6. The molecule has 0 bridgehead atoms. The van der Waals surface area contributed by atoms with Crippen molar-refractivity contribution in [2.75, 3.05) is 26.7 Å². The van der Waals surface area contributed by atoms with E-state index in [1.165, 1.54) is 31.6 Å². The third-order valence-electron chi connectivity index (χ3n) is 10.7. The molecule has 2 aliphatic rings. The van der Waals surface area contributed by atoms with Crippen molar-refractivity contribution in [2.24, 2.45) is 5.92 Å². The average Bonchev–Trinajstić information content (AvgIpc) is 4.06. The molecule has 2 aliphatic heterocycles. The highest BCUT2D eigenvalue weighted by Gasteiger charge is 2.37. The fraction of sp³-hybridized carbons (Fsp3) is 0.333. The third-order valence-corrected chi connectivity index (χ3v) is 10.7. The average molecular weight is 795 g/mol. The van der Waals surface area contributed by atoms with Crippen LogP contribution in [0.15, 0.2) is 79.1 Å². The second kappa shape index (κ2) is 17.3. The Morgan fingerprint density at radius 2 is 1.40 bits per heavy atom. The minimum atomic E-state index is -1.14. The summed E-state index contributed by atoms with van der Waals surface area (Å²) in [6.45, 7) is 2.97. The number of nitrogens with one attached hydrogen (secondary N) is 4. The van der Waals surface area contributed by atoms with Gasteiger partial charge in [0.05, 0.1) is 43.0 Å². The predicted molar refractivity (Wildman–Crippen MR) is 209 cm³/mol. The summed E-state index contributed by atoms with van der Waals surface area (Å²) in [6, 6.07) is 16.4. The Hall–Kier alpha value is -6.58. The number of halogens is 2. The van der Waals surface area contributed by atoms with Crippen LogP contribution < -0.4 is 10.6 Å². The van der Waals surface area contributed by atoms with Gasteiger partial charge >= 0.3 is 12.2 Å². The highest BCUT2D eigenvalue weighted by molar-refractivity contribution is 5.87. The van der Waals surface area contributed by atoms with E-state index in [0.717, 1.165) is 6.42 Å². The lowest BCUT2D eigenvalue weighted by atomic mass is 10.00. The Bertz CT molecular complexity index is 2300. The summed E-state index contributed by atoms with van der Waals surface area (Å²) >= 11 is 0. The Balaban J connectivity index is 1.03. The number of benzene rings is 3. The summed E-state index contributed by atoms with van der Waals surface area (Å²) < 4.78 is 36.2. The van der Waals surface area contributed by atoms with E-state index in [9.17, 15) is 19.2 Å². The number of nitrogens with zero attached hydrogens (tertiary/aromatic N) is 4. The summed E-state index contributed by atoms with van der Waals surface area (Å²) in [5, 5.41) is 13.8.